The van der Waals surface area contributed by atoms with Gasteiger partial charge in [-0.25, -0.2) is 8.42 Å². The summed E-state index contributed by atoms with van der Waals surface area (Å²) in [5, 5.41) is 13.8. The number of hydrogen-bond donors (Lipinski definition) is 1. The minimum Gasteiger partial charge on any atom is -0.355 e. The first-order chi connectivity index (χ1) is 15.0. The van der Waals surface area contributed by atoms with E-state index in [1.807, 2.05) is 6.07 Å². The van der Waals surface area contributed by atoms with E-state index in [9.17, 15) is 28.1 Å². The smallest absolute Gasteiger partial charge is 0.271 e. The van der Waals surface area contributed by atoms with Crippen LogP contribution in [0.25, 0.3) is 0 Å². The zero-order valence-corrected chi connectivity index (χ0v) is 18.9. The third kappa shape index (κ3) is 6.51. The first kappa shape index (κ1) is 24.8. The van der Waals surface area contributed by atoms with Crippen molar-refractivity contribution in [1.29, 1.82) is 0 Å². The first-order valence-electron chi connectivity index (χ1n) is 9.87. The van der Waals surface area contributed by atoms with E-state index in [4.69, 9.17) is 0 Å². The molecule has 0 saturated carbocycles. The Bertz CT molecular complexity index is 1070. The summed E-state index contributed by atoms with van der Waals surface area (Å²) in [4.78, 5) is 37.4. The van der Waals surface area contributed by atoms with Crippen molar-refractivity contribution in [2.45, 2.75) is 26.4 Å². The van der Waals surface area contributed by atoms with Gasteiger partial charge in [0.2, 0.25) is 21.8 Å². The third-order valence-corrected chi connectivity index (χ3v) is 5.86. The number of carbonyl (C=O) groups excluding carboxylic acids is 2. The molecule has 1 unspecified atom stereocenters. The second-order valence-corrected chi connectivity index (χ2v) is 9.03. The van der Waals surface area contributed by atoms with Crippen LogP contribution in [0.1, 0.15) is 19.4 Å². The molecule has 0 aliphatic rings. The fourth-order valence-corrected chi connectivity index (χ4v) is 3.90. The van der Waals surface area contributed by atoms with Gasteiger partial charge in [0.25, 0.3) is 5.69 Å². The van der Waals surface area contributed by atoms with E-state index >= 15 is 0 Å². The van der Waals surface area contributed by atoms with Gasteiger partial charge >= 0.3 is 0 Å². The van der Waals surface area contributed by atoms with Crippen LogP contribution >= 0.6 is 0 Å². The molecule has 172 valence electrons. The molecule has 2 rings (SSSR count). The van der Waals surface area contributed by atoms with Crippen molar-refractivity contribution in [2.24, 2.45) is 0 Å². The predicted molar refractivity (Wildman–Crippen MR) is 120 cm³/mol. The van der Waals surface area contributed by atoms with E-state index in [1.54, 1.807) is 38.1 Å². The summed E-state index contributed by atoms with van der Waals surface area (Å²) >= 11 is 0. The van der Waals surface area contributed by atoms with Crippen molar-refractivity contribution in [3.63, 3.8) is 0 Å². The van der Waals surface area contributed by atoms with Crippen molar-refractivity contribution in [3.8, 4) is 0 Å². The Labute approximate surface area is 187 Å². The van der Waals surface area contributed by atoms with Crippen LogP contribution in [-0.2, 0) is 26.2 Å². The Balaban J connectivity index is 2.40. The van der Waals surface area contributed by atoms with Gasteiger partial charge in [-0.3, -0.25) is 24.0 Å². The highest BCUT2D eigenvalue weighted by Gasteiger charge is 2.30. The quantitative estimate of drug-likeness (QED) is 0.424. The minimum atomic E-state index is -3.96. The second kappa shape index (κ2) is 10.7. The molecule has 10 nitrogen and oxygen atoms in total. The number of anilines is 1. The Hall–Kier alpha value is -3.47. The Morgan fingerprint density at radius 1 is 1.12 bits per heavy atom. The number of likely N-dealkylation sites (N-methyl/N-ethyl adjacent to an activating group) is 1. The summed E-state index contributed by atoms with van der Waals surface area (Å²) in [6.45, 7) is 3.16. The molecule has 1 atom stereocenters. The van der Waals surface area contributed by atoms with Gasteiger partial charge < -0.3 is 10.2 Å². The number of nitro benzene ring substituents is 1. The fraction of sp³-hybridized carbons (Fsp3) is 0.333. The molecule has 2 aromatic carbocycles. The first-order valence-corrected chi connectivity index (χ1v) is 11.7. The highest BCUT2D eigenvalue weighted by molar-refractivity contribution is 7.92. The summed E-state index contributed by atoms with van der Waals surface area (Å²) in [6, 6.07) is 13.1. The molecule has 0 aromatic heterocycles. The standard InChI is InChI=1S/C21H26N4O6S/c1-4-22-21(27)16(2)23(14-17-9-6-5-7-10-17)20(26)15-24(32(3,30)31)18-11-8-12-19(13-18)25(28)29/h5-13,16H,4,14-15H2,1-3H3,(H,22,27). The van der Waals surface area contributed by atoms with Crippen molar-refractivity contribution in [2.75, 3.05) is 23.7 Å². The van der Waals surface area contributed by atoms with Gasteiger partial charge in [-0.1, -0.05) is 36.4 Å². The molecule has 0 bridgehead atoms. The average molecular weight is 463 g/mol. The van der Waals surface area contributed by atoms with Crippen LogP contribution in [-0.4, -0.2) is 55.4 Å². The van der Waals surface area contributed by atoms with Crippen molar-refractivity contribution < 1.29 is 22.9 Å². The van der Waals surface area contributed by atoms with Crippen LogP contribution in [0, 0.1) is 10.1 Å². The molecule has 0 aliphatic heterocycles. The largest absolute Gasteiger partial charge is 0.355 e. The monoisotopic (exact) mass is 462 g/mol. The number of nitrogens with one attached hydrogen (secondary N) is 1. The Morgan fingerprint density at radius 3 is 2.34 bits per heavy atom. The number of benzene rings is 2. The van der Waals surface area contributed by atoms with Crippen molar-refractivity contribution in [1.82, 2.24) is 10.2 Å². The topological polar surface area (TPSA) is 130 Å². The lowest BCUT2D eigenvalue weighted by molar-refractivity contribution is -0.384. The minimum absolute atomic E-state index is 0.0135. The van der Waals surface area contributed by atoms with E-state index in [2.05, 4.69) is 5.32 Å². The van der Waals surface area contributed by atoms with E-state index in [1.165, 1.54) is 23.1 Å². The van der Waals surface area contributed by atoms with Crippen molar-refractivity contribution >= 4 is 33.2 Å². The number of sulfonamides is 1. The fourth-order valence-electron chi connectivity index (χ4n) is 3.06. The molecule has 0 saturated heterocycles. The van der Waals surface area contributed by atoms with Gasteiger partial charge in [0.05, 0.1) is 16.9 Å². The number of amides is 2. The molecule has 11 heteroatoms. The number of rotatable bonds is 10. The molecule has 1 N–H and O–H groups in total. The highest BCUT2D eigenvalue weighted by atomic mass is 32.2. The number of hydrogen-bond acceptors (Lipinski definition) is 6. The summed E-state index contributed by atoms with van der Waals surface area (Å²) < 4.78 is 25.7. The molecular weight excluding hydrogens is 436 g/mol. The Kier molecular flexibility index (Phi) is 8.30. The lowest BCUT2D eigenvalue weighted by Gasteiger charge is -2.31. The molecule has 0 spiro atoms. The predicted octanol–water partition coefficient (Wildman–Crippen LogP) is 1.91. The van der Waals surface area contributed by atoms with Crippen LogP contribution in [0.15, 0.2) is 54.6 Å². The molecule has 32 heavy (non-hydrogen) atoms. The van der Waals surface area contributed by atoms with Gasteiger partial charge in [-0.05, 0) is 25.5 Å². The van der Waals surface area contributed by atoms with Crippen LogP contribution in [0.5, 0.6) is 0 Å². The maximum absolute atomic E-state index is 13.3. The van der Waals surface area contributed by atoms with E-state index in [0.29, 0.717) is 6.54 Å². The maximum atomic E-state index is 13.3. The summed E-state index contributed by atoms with van der Waals surface area (Å²) in [6.07, 6.45) is 0.911. The summed E-state index contributed by atoms with van der Waals surface area (Å²) in [5.41, 5.74) is 0.444. The number of nitro groups is 1. The van der Waals surface area contributed by atoms with Gasteiger partial charge in [0.1, 0.15) is 12.6 Å². The van der Waals surface area contributed by atoms with Gasteiger partial charge in [-0.2, -0.15) is 0 Å². The maximum Gasteiger partial charge on any atom is 0.271 e. The van der Waals surface area contributed by atoms with Gasteiger partial charge in [-0.15, -0.1) is 0 Å². The van der Waals surface area contributed by atoms with Gasteiger partial charge in [0, 0.05) is 25.2 Å². The van der Waals surface area contributed by atoms with E-state index < -0.39 is 33.4 Å². The lowest BCUT2D eigenvalue weighted by atomic mass is 10.1. The molecule has 0 fully saturated rings. The summed E-state index contributed by atoms with van der Waals surface area (Å²) in [7, 11) is -3.96. The molecule has 0 aliphatic carbocycles. The van der Waals surface area contributed by atoms with Crippen LogP contribution < -0.4 is 9.62 Å². The second-order valence-electron chi connectivity index (χ2n) is 7.12. The van der Waals surface area contributed by atoms with Crippen LogP contribution in [0.3, 0.4) is 0 Å². The van der Waals surface area contributed by atoms with Crippen molar-refractivity contribution in [3.05, 3.63) is 70.3 Å². The van der Waals surface area contributed by atoms with E-state index in [-0.39, 0.29) is 23.8 Å². The highest BCUT2D eigenvalue weighted by Crippen LogP contribution is 2.23. The molecule has 2 aromatic rings. The van der Waals surface area contributed by atoms with Gasteiger partial charge in [0.15, 0.2) is 0 Å². The van der Waals surface area contributed by atoms with Crippen LogP contribution in [0.4, 0.5) is 11.4 Å². The molecule has 0 radical (unpaired) electrons. The third-order valence-electron chi connectivity index (χ3n) is 4.72. The SMILES string of the molecule is CCNC(=O)C(C)N(Cc1ccccc1)C(=O)CN(c1cccc([N+](=O)[O-])c1)S(C)(=O)=O. The normalized spacial score (nSPS) is 12.0. The number of carbonyl (C=O) groups is 2. The number of non-ortho nitro benzene ring substituents is 1. The molecule has 2 amide bonds. The summed E-state index contributed by atoms with van der Waals surface area (Å²) in [5.74, 6) is -0.998. The van der Waals surface area contributed by atoms with E-state index in [0.717, 1.165) is 22.2 Å². The molecular formula is C21H26N4O6S. The number of nitrogens with zero attached hydrogens (tertiary/aromatic N) is 3. The lowest BCUT2D eigenvalue weighted by Crippen LogP contribution is -2.51. The average Bonchev–Trinajstić information content (AvgIpc) is 2.75. The zero-order chi connectivity index (χ0) is 23.9. The Morgan fingerprint density at radius 2 is 1.78 bits per heavy atom. The van der Waals surface area contributed by atoms with Crippen LogP contribution in [0.2, 0.25) is 0 Å². The molecule has 0 heterocycles. The zero-order valence-electron chi connectivity index (χ0n) is 18.1.